The predicted molar refractivity (Wildman–Crippen MR) is 76.4 cm³/mol. The molecule has 2 fully saturated rings. The molecule has 4 nitrogen and oxygen atoms in total. The number of piperazine rings is 1. The van der Waals surface area contributed by atoms with Gasteiger partial charge in [-0.1, -0.05) is 0 Å². The van der Waals surface area contributed by atoms with Gasteiger partial charge in [-0.25, -0.2) is 4.98 Å². The Morgan fingerprint density at radius 3 is 2.78 bits per heavy atom. The minimum Gasteiger partial charge on any atom is -0.346 e. The van der Waals surface area contributed by atoms with Crippen molar-refractivity contribution >= 4 is 16.5 Å². The van der Waals surface area contributed by atoms with E-state index >= 15 is 0 Å². The number of hydrogen-bond acceptors (Lipinski definition) is 5. The van der Waals surface area contributed by atoms with Gasteiger partial charge in [-0.05, 0) is 19.8 Å². The van der Waals surface area contributed by atoms with Gasteiger partial charge in [0.1, 0.15) is 0 Å². The maximum Gasteiger partial charge on any atom is 0.185 e. The molecule has 2 aliphatic rings. The molecule has 1 saturated heterocycles. The molecule has 1 N–H and O–H groups in total. The van der Waals surface area contributed by atoms with Crippen LogP contribution in [0.3, 0.4) is 0 Å². The van der Waals surface area contributed by atoms with E-state index in [1.54, 1.807) is 11.3 Å². The molecule has 0 aromatic carbocycles. The standard InChI is InChI=1S/C13H22N4S/c1-11(10-15-12-2-3-12)16-5-7-17(8-6-16)13-14-4-9-18-13/h4,9,11-12,15H,2-3,5-8,10H2,1H3. The second kappa shape index (κ2) is 5.55. The molecule has 100 valence electrons. The van der Waals surface area contributed by atoms with Crippen LogP contribution < -0.4 is 10.2 Å². The van der Waals surface area contributed by atoms with Crippen LogP contribution in [0.15, 0.2) is 11.6 Å². The van der Waals surface area contributed by atoms with Crippen molar-refractivity contribution in [3.05, 3.63) is 11.6 Å². The number of hydrogen-bond donors (Lipinski definition) is 1. The lowest BCUT2D eigenvalue weighted by molar-refractivity contribution is 0.193. The summed E-state index contributed by atoms with van der Waals surface area (Å²) in [6.07, 6.45) is 4.66. The molecule has 3 rings (SSSR count). The predicted octanol–water partition coefficient (Wildman–Crippen LogP) is 1.41. The number of thiazole rings is 1. The zero-order chi connectivity index (χ0) is 12.4. The van der Waals surface area contributed by atoms with E-state index in [0.717, 1.165) is 38.8 Å². The van der Waals surface area contributed by atoms with Gasteiger partial charge in [0, 0.05) is 56.4 Å². The molecule has 1 unspecified atom stereocenters. The highest BCUT2D eigenvalue weighted by Gasteiger charge is 2.25. The quantitative estimate of drug-likeness (QED) is 0.873. The van der Waals surface area contributed by atoms with Crippen LogP contribution >= 0.6 is 11.3 Å². The number of rotatable bonds is 5. The Kier molecular flexibility index (Phi) is 3.82. The fourth-order valence-electron chi connectivity index (χ4n) is 2.48. The first-order chi connectivity index (χ1) is 8.83. The maximum absolute atomic E-state index is 4.39. The van der Waals surface area contributed by atoms with E-state index in [2.05, 4.69) is 32.4 Å². The highest BCUT2D eigenvalue weighted by Crippen LogP contribution is 2.20. The average molecular weight is 266 g/mol. The minimum atomic E-state index is 0.657. The van der Waals surface area contributed by atoms with Crippen LogP contribution in [-0.4, -0.2) is 54.7 Å². The van der Waals surface area contributed by atoms with Crippen molar-refractivity contribution < 1.29 is 0 Å². The number of anilines is 1. The Balaban J connectivity index is 1.44. The normalized spacial score (nSPS) is 23.3. The summed E-state index contributed by atoms with van der Waals surface area (Å²) in [5, 5.41) is 6.87. The maximum atomic E-state index is 4.39. The molecule has 1 aromatic rings. The summed E-state index contributed by atoms with van der Waals surface area (Å²) < 4.78 is 0. The first-order valence-electron chi connectivity index (χ1n) is 6.95. The van der Waals surface area contributed by atoms with Gasteiger partial charge in [0.15, 0.2) is 5.13 Å². The molecule has 1 saturated carbocycles. The van der Waals surface area contributed by atoms with Gasteiger partial charge in [0.25, 0.3) is 0 Å². The summed E-state index contributed by atoms with van der Waals surface area (Å²) in [6, 6.07) is 1.48. The summed E-state index contributed by atoms with van der Waals surface area (Å²) in [7, 11) is 0. The fourth-order valence-corrected chi connectivity index (χ4v) is 3.18. The van der Waals surface area contributed by atoms with Crippen LogP contribution in [0.2, 0.25) is 0 Å². The summed E-state index contributed by atoms with van der Waals surface area (Å²) >= 11 is 1.75. The van der Waals surface area contributed by atoms with E-state index in [1.165, 1.54) is 18.0 Å². The minimum absolute atomic E-state index is 0.657. The first kappa shape index (κ1) is 12.4. The summed E-state index contributed by atoms with van der Waals surface area (Å²) in [5.74, 6) is 0. The van der Waals surface area contributed by atoms with E-state index in [9.17, 15) is 0 Å². The molecule has 1 aliphatic heterocycles. The van der Waals surface area contributed by atoms with Crippen LogP contribution in [0.1, 0.15) is 19.8 Å². The molecule has 1 aliphatic carbocycles. The smallest absolute Gasteiger partial charge is 0.185 e. The van der Waals surface area contributed by atoms with Gasteiger partial charge >= 0.3 is 0 Å². The molecule has 1 aromatic heterocycles. The van der Waals surface area contributed by atoms with E-state index in [0.29, 0.717) is 6.04 Å². The molecular weight excluding hydrogens is 244 g/mol. The van der Waals surface area contributed by atoms with Crippen molar-refractivity contribution in [2.45, 2.75) is 31.8 Å². The largest absolute Gasteiger partial charge is 0.346 e. The Bertz CT molecular complexity index is 355. The zero-order valence-corrected chi connectivity index (χ0v) is 11.8. The van der Waals surface area contributed by atoms with Crippen LogP contribution in [0.5, 0.6) is 0 Å². The van der Waals surface area contributed by atoms with Crippen LogP contribution in [-0.2, 0) is 0 Å². The third-order valence-corrected chi connectivity index (χ3v) is 4.74. The van der Waals surface area contributed by atoms with Crippen LogP contribution in [0.25, 0.3) is 0 Å². The highest BCUT2D eigenvalue weighted by molar-refractivity contribution is 7.13. The SMILES string of the molecule is CC(CNC1CC1)N1CCN(c2nccs2)CC1. The van der Waals surface area contributed by atoms with E-state index in [-0.39, 0.29) is 0 Å². The van der Waals surface area contributed by atoms with Gasteiger partial charge in [-0.2, -0.15) is 0 Å². The van der Waals surface area contributed by atoms with E-state index in [4.69, 9.17) is 0 Å². The molecule has 0 bridgehead atoms. The topological polar surface area (TPSA) is 31.4 Å². The van der Waals surface area contributed by atoms with Gasteiger partial charge < -0.3 is 10.2 Å². The Hall–Kier alpha value is -0.650. The van der Waals surface area contributed by atoms with Gasteiger partial charge in [-0.3, -0.25) is 4.90 Å². The first-order valence-corrected chi connectivity index (χ1v) is 7.83. The summed E-state index contributed by atoms with van der Waals surface area (Å²) in [5.41, 5.74) is 0. The van der Waals surface area contributed by atoms with Gasteiger partial charge in [0.2, 0.25) is 0 Å². The highest BCUT2D eigenvalue weighted by atomic mass is 32.1. The Labute approximate surface area is 113 Å². The molecule has 0 amide bonds. The lowest BCUT2D eigenvalue weighted by Gasteiger charge is -2.38. The molecule has 18 heavy (non-hydrogen) atoms. The second-order valence-corrected chi connectivity index (χ2v) is 6.24. The lowest BCUT2D eigenvalue weighted by Crippen LogP contribution is -2.52. The van der Waals surface area contributed by atoms with Gasteiger partial charge in [-0.15, -0.1) is 11.3 Å². The number of aromatic nitrogens is 1. The van der Waals surface area contributed by atoms with Crippen LogP contribution in [0, 0.1) is 0 Å². The van der Waals surface area contributed by atoms with Crippen molar-refractivity contribution in [1.82, 2.24) is 15.2 Å². The Morgan fingerprint density at radius 1 is 1.39 bits per heavy atom. The van der Waals surface area contributed by atoms with Crippen molar-refractivity contribution in [1.29, 1.82) is 0 Å². The van der Waals surface area contributed by atoms with Crippen molar-refractivity contribution in [2.75, 3.05) is 37.6 Å². The molecule has 2 heterocycles. The fraction of sp³-hybridized carbons (Fsp3) is 0.769. The third-order valence-electron chi connectivity index (χ3n) is 3.91. The van der Waals surface area contributed by atoms with Crippen LogP contribution in [0.4, 0.5) is 5.13 Å². The van der Waals surface area contributed by atoms with E-state index < -0.39 is 0 Å². The molecule has 1 atom stereocenters. The Morgan fingerprint density at radius 2 is 2.17 bits per heavy atom. The summed E-state index contributed by atoms with van der Waals surface area (Å²) in [6.45, 7) is 8.03. The molecule has 0 spiro atoms. The molecular formula is C13H22N4S. The monoisotopic (exact) mass is 266 g/mol. The van der Waals surface area contributed by atoms with Crippen molar-refractivity contribution in [3.63, 3.8) is 0 Å². The van der Waals surface area contributed by atoms with Crippen molar-refractivity contribution in [2.24, 2.45) is 0 Å². The van der Waals surface area contributed by atoms with E-state index in [1.807, 2.05) is 6.20 Å². The van der Waals surface area contributed by atoms with Gasteiger partial charge in [0.05, 0.1) is 0 Å². The lowest BCUT2D eigenvalue weighted by atomic mass is 10.2. The number of nitrogens with one attached hydrogen (secondary N) is 1. The number of nitrogens with zero attached hydrogens (tertiary/aromatic N) is 3. The molecule has 5 heteroatoms. The third kappa shape index (κ3) is 3.02. The molecule has 0 radical (unpaired) electrons. The average Bonchev–Trinajstić information content (AvgIpc) is 3.08. The summed E-state index contributed by atoms with van der Waals surface area (Å²) in [4.78, 5) is 9.39. The van der Waals surface area contributed by atoms with Crippen molar-refractivity contribution in [3.8, 4) is 0 Å². The second-order valence-electron chi connectivity index (χ2n) is 5.37. The zero-order valence-electron chi connectivity index (χ0n) is 11.0.